The van der Waals surface area contributed by atoms with Gasteiger partial charge in [0.05, 0.1) is 0 Å². The summed E-state index contributed by atoms with van der Waals surface area (Å²) in [4.78, 5) is 27.1. The standard InChI is InChI=1S/C22H27BrN2O3/c1-4-16(2)24-22(27)17(3)25(14-18-8-6-5-7-9-18)21(26)15-28-20-12-10-19(23)11-13-20/h5-13,16-17H,4,14-15H2,1-3H3,(H,24,27). The summed E-state index contributed by atoms with van der Waals surface area (Å²) in [5.74, 6) is 0.203. The monoisotopic (exact) mass is 446 g/mol. The third kappa shape index (κ3) is 6.68. The summed E-state index contributed by atoms with van der Waals surface area (Å²) in [6.45, 7) is 5.92. The van der Waals surface area contributed by atoms with Gasteiger partial charge in [0.2, 0.25) is 5.91 Å². The van der Waals surface area contributed by atoms with Crippen LogP contribution in [0.5, 0.6) is 5.75 Å². The lowest BCUT2D eigenvalue weighted by atomic mass is 10.1. The zero-order valence-corrected chi connectivity index (χ0v) is 18.1. The lowest BCUT2D eigenvalue weighted by Crippen LogP contribution is -2.50. The second-order valence-corrected chi connectivity index (χ2v) is 7.66. The Bertz CT molecular complexity index is 765. The quantitative estimate of drug-likeness (QED) is 0.628. The van der Waals surface area contributed by atoms with Crippen molar-refractivity contribution >= 4 is 27.7 Å². The molecule has 0 saturated carbocycles. The van der Waals surface area contributed by atoms with Gasteiger partial charge in [-0.15, -0.1) is 0 Å². The lowest BCUT2D eigenvalue weighted by Gasteiger charge is -2.29. The predicted molar refractivity (Wildman–Crippen MR) is 114 cm³/mol. The number of hydrogen-bond acceptors (Lipinski definition) is 3. The predicted octanol–water partition coefficient (Wildman–Crippen LogP) is 4.16. The molecule has 150 valence electrons. The topological polar surface area (TPSA) is 58.6 Å². The van der Waals surface area contributed by atoms with Gasteiger partial charge >= 0.3 is 0 Å². The Labute approximate surface area is 175 Å². The van der Waals surface area contributed by atoms with E-state index in [9.17, 15) is 9.59 Å². The Morgan fingerprint density at radius 1 is 1.07 bits per heavy atom. The number of ether oxygens (including phenoxy) is 1. The average molecular weight is 447 g/mol. The molecule has 0 bridgehead atoms. The molecule has 0 aliphatic heterocycles. The summed E-state index contributed by atoms with van der Waals surface area (Å²) in [7, 11) is 0. The molecule has 2 amide bonds. The summed E-state index contributed by atoms with van der Waals surface area (Å²) in [5.41, 5.74) is 0.961. The van der Waals surface area contributed by atoms with Gasteiger partial charge in [-0.05, 0) is 50.1 Å². The zero-order chi connectivity index (χ0) is 20.5. The van der Waals surface area contributed by atoms with E-state index in [-0.39, 0.29) is 24.5 Å². The first-order valence-electron chi connectivity index (χ1n) is 9.42. The molecule has 2 aromatic carbocycles. The fraction of sp³-hybridized carbons (Fsp3) is 0.364. The van der Waals surface area contributed by atoms with E-state index in [1.807, 2.05) is 56.3 Å². The SMILES string of the molecule is CCC(C)NC(=O)C(C)N(Cc1ccccc1)C(=O)COc1ccc(Br)cc1. The van der Waals surface area contributed by atoms with Crippen LogP contribution < -0.4 is 10.1 Å². The van der Waals surface area contributed by atoms with Crippen LogP contribution >= 0.6 is 15.9 Å². The van der Waals surface area contributed by atoms with Gasteiger partial charge in [0.1, 0.15) is 11.8 Å². The Hall–Kier alpha value is -2.34. The highest BCUT2D eigenvalue weighted by molar-refractivity contribution is 9.10. The first kappa shape index (κ1) is 22.0. The highest BCUT2D eigenvalue weighted by atomic mass is 79.9. The summed E-state index contributed by atoms with van der Waals surface area (Å²) in [5, 5.41) is 2.95. The van der Waals surface area contributed by atoms with Crippen molar-refractivity contribution in [1.29, 1.82) is 0 Å². The second-order valence-electron chi connectivity index (χ2n) is 6.74. The van der Waals surface area contributed by atoms with Crippen LogP contribution in [0.2, 0.25) is 0 Å². The number of halogens is 1. The van der Waals surface area contributed by atoms with Gasteiger partial charge < -0.3 is 15.0 Å². The van der Waals surface area contributed by atoms with Crippen LogP contribution in [0.1, 0.15) is 32.8 Å². The molecule has 5 nitrogen and oxygen atoms in total. The number of rotatable bonds is 9. The third-order valence-corrected chi connectivity index (χ3v) is 5.07. The van der Waals surface area contributed by atoms with E-state index >= 15 is 0 Å². The maximum atomic E-state index is 12.9. The minimum absolute atomic E-state index is 0.0580. The van der Waals surface area contributed by atoms with Crippen LogP contribution in [0.3, 0.4) is 0 Å². The largest absolute Gasteiger partial charge is 0.484 e. The molecule has 0 aliphatic rings. The van der Waals surface area contributed by atoms with Crippen LogP contribution in [-0.2, 0) is 16.1 Å². The molecule has 6 heteroatoms. The van der Waals surface area contributed by atoms with Gasteiger partial charge in [-0.1, -0.05) is 53.2 Å². The Morgan fingerprint density at radius 2 is 1.71 bits per heavy atom. The molecular formula is C22H27BrN2O3. The zero-order valence-electron chi connectivity index (χ0n) is 16.5. The van der Waals surface area contributed by atoms with Crippen molar-refractivity contribution < 1.29 is 14.3 Å². The summed E-state index contributed by atoms with van der Waals surface area (Å²) >= 11 is 3.37. The van der Waals surface area contributed by atoms with Crippen molar-refractivity contribution in [3.63, 3.8) is 0 Å². The highest BCUT2D eigenvalue weighted by Crippen LogP contribution is 2.17. The smallest absolute Gasteiger partial charge is 0.261 e. The highest BCUT2D eigenvalue weighted by Gasteiger charge is 2.27. The van der Waals surface area contributed by atoms with E-state index in [0.29, 0.717) is 12.3 Å². The van der Waals surface area contributed by atoms with Gasteiger partial charge in [-0.2, -0.15) is 0 Å². The van der Waals surface area contributed by atoms with Gasteiger partial charge in [0.25, 0.3) is 5.91 Å². The van der Waals surface area contributed by atoms with Gasteiger partial charge in [0, 0.05) is 17.1 Å². The Balaban J connectivity index is 2.10. The Morgan fingerprint density at radius 3 is 2.32 bits per heavy atom. The number of benzene rings is 2. The second kappa shape index (κ2) is 10.9. The number of carbonyl (C=O) groups is 2. The van der Waals surface area contributed by atoms with E-state index in [1.165, 1.54) is 0 Å². The molecule has 0 saturated heterocycles. The molecule has 0 heterocycles. The van der Waals surface area contributed by atoms with Crippen LogP contribution in [0.4, 0.5) is 0 Å². The molecule has 0 fully saturated rings. The fourth-order valence-electron chi connectivity index (χ4n) is 2.59. The maximum Gasteiger partial charge on any atom is 0.261 e. The van der Waals surface area contributed by atoms with Crippen LogP contribution in [0.25, 0.3) is 0 Å². The molecule has 2 atom stereocenters. The normalized spacial score (nSPS) is 12.7. The van der Waals surface area contributed by atoms with E-state index < -0.39 is 6.04 Å². The van der Waals surface area contributed by atoms with E-state index in [1.54, 1.807) is 24.0 Å². The van der Waals surface area contributed by atoms with E-state index in [0.717, 1.165) is 16.5 Å². The van der Waals surface area contributed by atoms with Gasteiger partial charge in [-0.25, -0.2) is 0 Å². The molecule has 0 aliphatic carbocycles. The maximum absolute atomic E-state index is 12.9. The molecular weight excluding hydrogens is 420 g/mol. The number of amides is 2. The first-order chi connectivity index (χ1) is 13.4. The first-order valence-corrected chi connectivity index (χ1v) is 10.2. The number of carbonyl (C=O) groups excluding carboxylic acids is 2. The molecule has 0 aromatic heterocycles. The minimum Gasteiger partial charge on any atom is -0.484 e. The van der Waals surface area contributed by atoms with E-state index in [2.05, 4.69) is 21.2 Å². The van der Waals surface area contributed by atoms with Gasteiger partial charge in [-0.3, -0.25) is 9.59 Å². The Kier molecular flexibility index (Phi) is 8.51. The van der Waals surface area contributed by atoms with E-state index in [4.69, 9.17) is 4.74 Å². The van der Waals surface area contributed by atoms with Crippen LogP contribution in [-0.4, -0.2) is 35.4 Å². The molecule has 1 N–H and O–H groups in total. The van der Waals surface area contributed by atoms with Crippen molar-refractivity contribution in [2.45, 2.75) is 45.8 Å². The van der Waals surface area contributed by atoms with Crippen molar-refractivity contribution in [3.8, 4) is 5.75 Å². The van der Waals surface area contributed by atoms with Crippen molar-refractivity contribution in [3.05, 3.63) is 64.6 Å². The number of nitrogens with one attached hydrogen (secondary N) is 1. The molecule has 2 rings (SSSR count). The van der Waals surface area contributed by atoms with Crippen molar-refractivity contribution in [2.75, 3.05) is 6.61 Å². The third-order valence-electron chi connectivity index (χ3n) is 4.54. The molecule has 0 spiro atoms. The van der Waals surface area contributed by atoms with Crippen LogP contribution in [0, 0.1) is 0 Å². The molecule has 28 heavy (non-hydrogen) atoms. The lowest BCUT2D eigenvalue weighted by molar-refractivity contribution is -0.142. The van der Waals surface area contributed by atoms with Crippen LogP contribution in [0.15, 0.2) is 59.1 Å². The van der Waals surface area contributed by atoms with Gasteiger partial charge in [0.15, 0.2) is 6.61 Å². The minimum atomic E-state index is -0.602. The van der Waals surface area contributed by atoms with Crippen molar-refractivity contribution in [2.24, 2.45) is 0 Å². The van der Waals surface area contributed by atoms with Crippen molar-refractivity contribution in [1.82, 2.24) is 10.2 Å². The number of nitrogens with zero attached hydrogens (tertiary/aromatic N) is 1. The fourth-order valence-corrected chi connectivity index (χ4v) is 2.85. The molecule has 2 aromatic rings. The summed E-state index contributed by atoms with van der Waals surface area (Å²) in [6.07, 6.45) is 0.831. The molecule has 2 unspecified atom stereocenters. The summed E-state index contributed by atoms with van der Waals surface area (Å²) in [6, 6.07) is 16.4. The average Bonchev–Trinajstić information content (AvgIpc) is 2.71. The molecule has 0 radical (unpaired) electrons. The number of hydrogen-bond donors (Lipinski definition) is 1. The summed E-state index contributed by atoms with van der Waals surface area (Å²) < 4.78 is 6.57.